The first-order valence-electron chi connectivity index (χ1n) is 8.09. The van der Waals surface area contributed by atoms with Crippen molar-refractivity contribution in [1.29, 1.82) is 0 Å². The number of amides is 1. The lowest BCUT2D eigenvalue weighted by atomic mass is 9.88. The van der Waals surface area contributed by atoms with Gasteiger partial charge in [0.15, 0.2) is 0 Å². The number of likely N-dealkylation sites (tertiary alicyclic amines) is 1. The molecule has 112 valence electrons. The lowest BCUT2D eigenvalue weighted by Gasteiger charge is -2.34. The minimum absolute atomic E-state index is 0.112. The van der Waals surface area contributed by atoms with Gasteiger partial charge in [-0.15, -0.1) is 0 Å². The maximum Gasteiger partial charge on any atom is 0.223 e. The number of carbonyl (C=O) groups excluding carboxylic acids is 1. The lowest BCUT2D eigenvalue weighted by Crippen LogP contribution is -2.41. The molecule has 0 saturated carbocycles. The summed E-state index contributed by atoms with van der Waals surface area (Å²) in [5.41, 5.74) is 0.112. The molecule has 0 radical (unpaired) electrons. The Bertz CT molecular complexity index is 279. The van der Waals surface area contributed by atoms with Gasteiger partial charge >= 0.3 is 0 Å². The van der Waals surface area contributed by atoms with Gasteiger partial charge < -0.3 is 4.90 Å². The van der Waals surface area contributed by atoms with Gasteiger partial charge in [0, 0.05) is 19.5 Å². The van der Waals surface area contributed by atoms with Crippen molar-refractivity contribution in [3.05, 3.63) is 0 Å². The Labute approximate surface area is 119 Å². The van der Waals surface area contributed by atoms with Crippen LogP contribution in [0.2, 0.25) is 0 Å². The molecule has 0 spiro atoms. The largest absolute Gasteiger partial charge is 0.342 e. The van der Waals surface area contributed by atoms with E-state index in [1.54, 1.807) is 0 Å². The molecule has 1 saturated heterocycles. The van der Waals surface area contributed by atoms with Gasteiger partial charge in [-0.3, -0.25) is 4.79 Å². The molecular weight excluding hydrogens is 234 g/mol. The molecule has 0 aromatic carbocycles. The molecule has 1 aliphatic rings. The van der Waals surface area contributed by atoms with Crippen LogP contribution in [0.25, 0.3) is 0 Å². The van der Waals surface area contributed by atoms with E-state index in [1.807, 2.05) is 0 Å². The lowest BCUT2D eigenvalue weighted by molar-refractivity contribution is -0.135. The summed E-state index contributed by atoms with van der Waals surface area (Å²) < 4.78 is 0. The second-order valence-corrected chi connectivity index (χ2v) is 7.68. The molecule has 19 heavy (non-hydrogen) atoms. The van der Waals surface area contributed by atoms with Crippen molar-refractivity contribution in [3.63, 3.8) is 0 Å². The Morgan fingerprint density at radius 2 is 2.05 bits per heavy atom. The van der Waals surface area contributed by atoms with E-state index in [4.69, 9.17) is 0 Å². The maximum atomic E-state index is 12.3. The normalized spacial score (nSPS) is 22.4. The summed E-state index contributed by atoms with van der Waals surface area (Å²) in [6, 6.07) is 0. The Morgan fingerprint density at radius 3 is 2.63 bits per heavy atom. The fraction of sp³-hybridized carbons (Fsp3) is 0.941. The van der Waals surface area contributed by atoms with E-state index in [0.29, 0.717) is 12.3 Å². The summed E-state index contributed by atoms with van der Waals surface area (Å²) in [7, 11) is 0. The van der Waals surface area contributed by atoms with Crippen molar-refractivity contribution >= 4 is 5.91 Å². The third-order valence-corrected chi connectivity index (χ3v) is 4.32. The minimum Gasteiger partial charge on any atom is -0.342 e. The first-order valence-corrected chi connectivity index (χ1v) is 8.09. The molecule has 1 amide bonds. The predicted molar refractivity (Wildman–Crippen MR) is 82.1 cm³/mol. The third-order valence-electron chi connectivity index (χ3n) is 4.32. The van der Waals surface area contributed by atoms with Gasteiger partial charge in [0.25, 0.3) is 0 Å². The number of rotatable bonds is 5. The van der Waals surface area contributed by atoms with Crippen LogP contribution >= 0.6 is 0 Å². The maximum absolute atomic E-state index is 12.3. The molecule has 2 atom stereocenters. The molecule has 0 bridgehead atoms. The van der Waals surface area contributed by atoms with Crippen LogP contribution in [0.15, 0.2) is 0 Å². The summed E-state index contributed by atoms with van der Waals surface area (Å²) in [5.74, 6) is 1.94. The van der Waals surface area contributed by atoms with Crippen LogP contribution in [0, 0.1) is 17.3 Å². The highest BCUT2D eigenvalue weighted by atomic mass is 16.2. The number of hydrogen-bond donors (Lipinski definition) is 0. The summed E-state index contributed by atoms with van der Waals surface area (Å²) in [5, 5.41) is 0. The average molecular weight is 267 g/mol. The molecule has 1 heterocycles. The fourth-order valence-corrected chi connectivity index (χ4v) is 2.82. The van der Waals surface area contributed by atoms with Gasteiger partial charge in [0.05, 0.1) is 0 Å². The van der Waals surface area contributed by atoms with Crippen LogP contribution in [-0.2, 0) is 4.79 Å². The zero-order valence-corrected chi connectivity index (χ0v) is 13.7. The van der Waals surface area contributed by atoms with Crippen molar-refractivity contribution in [2.75, 3.05) is 13.1 Å². The van der Waals surface area contributed by atoms with E-state index in [-0.39, 0.29) is 5.41 Å². The zero-order valence-electron chi connectivity index (χ0n) is 13.7. The quantitative estimate of drug-likeness (QED) is 0.719. The van der Waals surface area contributed by atoms with Gasteiger partial charge in [0.2, 0.25) is 5.91 Å². The van der Waals surface area contributed by atoms with Gasteiger partial charge in [0.1, 0.15) is 0 Å². The van der Waals surface area contributed by atoms with Gasteiger partial charge in [-0.05, 0) is 36.5 Å². The summed E-state index contributed by atoms with van der Waals surface area (Å²) >= 11 is 0. The van der Waals surface area contributed by atoms with Crippen LogP contribution < -0.4 is 0 Å². The molecule has 0 N–H and O–H groups in total. The molecule has 2 nitrogen and oxygen atoms in total. The van der Waals surface area contributed by atoms with E-state index in [9.17, 15) is 4.79 Å². The average Bonchev–Trinajstić information content (AvgIpc) is 2.34. The Hall–Kier alpha value is -0.530. The molecule has 0 aromatic heterocycles. The number of carbonyl (C=O) groups is 1. The zero-order chi connectivity index (χ0) is 14.5. The standard InChI is InChI=1S/C17H33NO/c1-6-14(2)9-10-15-8-7-11-18(13-15)16(19)12-17(3,4)5/h14-15H,6-13H2,1-5H3/t14-,15+/m1/s1. The Balaban J connectivity index is 2.39. The summed E-state index contributed by atoms with van der Waals surface area (Å²) in [6.07, 6.45) is 7.10. The van der Waals surface area contributed by atoms with E-state index < -0.39 is 0 Å². The highest BCUT2D eigenvalue weighted by molar-refractivity contribution is 5.76. The van der Waals surface area contributed by atoms with E-state index in [1.165, 1.54) is 32.1 Å². The van der Waals surface area contributed by atoms with Crippen LogP contribution in [0.5, 0.6) is 0 Å². The predicted octanol–water partition coefficient (Wildman–Crippen LogP) is 4.49. The van der Waals surface area contributed by atoms with Crippen molar-refractivity contribution in [2.24, 2.45) is 17.3 Å². The molecule has 0 aromatic rings. The highest BCUT2D eigenvalue weighted by Gasteiger charge is 2.26. The van der Waals surface area contributed by atoms with Crippen molar-refractivity contribution < 1.29 is 4.79 Å². The molecule has 0 aliphatic carbocycles. The topological polar surface area (TPSA) is 20.3 Å². The summed E-state index contributed by atoms with van der Waals surface area (Å²) in [6.45, 7) is 13.0. The van der Waals surface area contributed by atoms with Crippen molar-refractivity contribution in [3.8, 4) is 0 Å². The molecule has 2 heteroatoms. The van der Waals surface area contributed by atoms with E-state index in [2.05, 4.69) is 39.5 Å². The smallest absolute Gasteiger partial charge is 0.223 e. The minimum atomic E-state index is 0.112. The fourth-order valence-electron chi connectivity index (χ4n) is 2.82. The second-order valence-electron chi connectivity index (χ2n) is 7.68. The SMILES string of the molecule is CC[C@@H](C)CC[C@@H]1CCCN(C(=O)CC(C)(C)C)C1. The molecule has 1 rings (SSSR count). The van der Waals surface area contributed by atoms with Crippen molar-refractivity contribution in [2.45, 2.75) is 73.1 Å². The van der Waals surface area contributed by atoms with Crippen LogP contribution in [0.4, 0.5) is 0 Å². The van der Waals surface area contributed by atoms with Crippen molar-refractivity contribution in [1.82, 2.24) is 4.90 Å². The number of piperidine rings is 1. The first kappa shape index (κ1) is 16.5. The molecular formula is C17H33NO. The van der Waals surface area contributed by atoms with Crippen LogP contribution in [0.3, 0.4) is 0 Å². The highest BCUT2D eigenvalue weighted by Crippen LogP contribution is 2.26. The first-order chi connectivity index (χ1) is 8.81. The van der Waals surface area contributed by atoms with E-state index >= 15 is 0 Å². The van der Waals surface area contributed by atoms with Gasteiger partial charge in [-0.2, -0.15) is 0 Å². The van der Waals surface area contributed by atoms with Crippen LogP contribution in [-0.4, -0.2) is 23.9 Å². The van der Waals surface area contributed by atoms with E-state index in [0.717, 1.165) is 24.9 Å². The molecule has 0 unspecified atom stereocenters. The number of nitrogens with zero attached hydrogens (tertiary/aromatic N) is 1. The van der Waals surface area contributed by atoms with Gasteiger partial charge in [-0.1, -0.05) is 47.5 Å². The molecule has 1 aliphatic heterocycles. The monoisotopic (exact) mass is 267 g/mol. The summed E-state index contributed by atoms with van der Waals surface area (Å²) in [4.78, 5) is 14.4. The van der Waals surface area contributed by atoms with Crippen LogP contribution in [0.1, 0.15) is 73.1 Å². The number of hydrogen-bond acceptors (Lipinski definition) is 1. The van der Waals surface area contributed by atoms with Gasteiger partial charge in [-0.25, -0.2) is 0 Å². The molecule has 1 fully saturated rings. The second kappa shape index (κ2) is 7.31. The Kier molecular flexibility index (Phi) is 6.35. The third kappa shape index (κ3) is 6.44. The Morgan fingerprint density at radius 1 is 1.37 bits per heavy atom.